The van der Waals surface area contributed by atoms with E-state index in [9.17, 15) is 4.79 Å². The second-order valence-corrected chi connectivity index (χ2v) is 2.56. The normalized spacial score (nSPS) is 8.08. The topological polar surface area (TPSA) is 37.3 Å². The number of hydrogen-bond acceptors (Lipinski definition) is 1. The number of unbranched alkanes of at least 4 members (excludes halogenated alkanes) is 4. The minimum absolute atomic E-state index is 0. The molecular formula is C8H20O2PbSn. The van der Waals surface area contributed by atoms with E-state index < -0.39 is 5.97 Å². The third kappa shape index (κ3) is 17.3. The molecule has 4 heteroatoms. The molecule has 0 aliphatic carbocycles. The van der Waals surface area contributed by atoms with Gasteiger partial charge in [0.05, 0.1) is 0 Å². The number of rotatable bonds is 6. The van der Waals surface area contributed by atoms with Gasteiger partial charge in [0, 0.05) is 6.42 Å². The summed E-state index contributed by atoms with van der Waals surface area (Å²) in [4.78, 5) is 10.0. The van der Waals surface area contributed by atoms with Crippen molar-refractivity contribution in [1.82, 2.24) is 0 Å². The first-order valence-electron chi connectivity index (χ1n) is 3.99. The first-order valence-corrected chi connectivity index (χ1v) is 3.99. The van der Waals surface area contributed by atoms with Crippen molar-refractivity contribution < 1.29 is 9.90 Å². The Labute approximate surface area is 112 Å². The van der Waals surface area contributed by atoms with Crippen LogP contribution in [0.1, 0.15) is 45.4 Å². The van der Waals surface area contributed by atoms with Gasteiger partial charge in [-0.25, -0.2) is 0 Å². The van der Waals surface area contributed by atoms with E-state index in [1.54, 1.807) is 0 Å². The van der Waals surface area contributed by atoms with E-state index in [0.717, 1.165) is 12.8 Å². The van der Waals surface area contributed by atoms with Crippen LogP contribution < -0.4 is 0 Å². The maximum absolute atomic E-state index is 10.0. The average Bonchev–Trinajstić information content (AvgIpc) is 1.87. The number of carbonyl (C=O) groups is 1. The zero-order valence-corrected chi connectivity index (χ0v) is 17.5. The Morgan fingerprint density at radius 2 is 1.67 bits per heavy atom. The summed E-state index contributed by atoms with van der Waals surface area (Å²) in [5.74, 6) is -0.670. The predicted octanol–water partition coefficient (Wildman–Crippen LogP) is 0.599. The second-order valence-electron chi connectivity index (χ2n) is 2.56. The quantitative estimate of drug-likeness (QED) is 0.453. The average molecular weight is 474 g/mol. The summed E-state index contributed by atoms with van der Waals surface area (Å²) >= 11 is 0. The monoisotopic (exact) mass is 476 g/mol. The third-order valence-electron chi connectivity index (χ3n) is 1.49. The van der Waals surface area contributed by atoms with E-state index in [0.29, 0.717) is 6.42 Å². The molecule has 0 aliphatic rings. The van der Waals surface area contributed by atoms with Gasteiger partial charge in [-0.15, -0.1) is 0 Å². The molecular weight excluding hydrogens is 454 g/mol. The van der Waals surface area contributed by atoms with E-state index in [2.05, 4.69) is 6.92 Å². The van der Waals surface area contributed by atoms with Crippen LogP contribution in [-0.2, 0) is 4.79 Å². The first-order chi connectivity index (χ1) is 4.77. The Balaban J connectivity index is -0.000000405. The molecule has 0 atom stereocenters. The van der Waals surface area contributed by atoms with Crippen molar-refractivity contribution in [2.75, 3.05) is 0 Å². The fourth-order valence-electron chi connectivity index (χ4n) is 0.880. The summed E-state index contributed by atoms with van der Waals surface area (Å²) in [7, 11) is 0. The summed E-state index contributed by atoms with van der Waals surface area (Å²) in [6, 6.07) is 0. The predicted molar refractivity (Wildman–Crippen MR) is 58.1 cm³/mol. The Hall–Kier alpha value is 1.19. The van der Waals surface area contributed by atoms with Gasteiger partial charge in [-0.3, -0.25) is 4.79 Å². The van der Waals surface area contributed by atoms with Crippen LogP contribution in [0.4, 0.5) is 0 Å². The zero-order valence-electron chi connectivity index (χ0n) is 8.01. The molecule has 0 saturated carbocycles. The summed E-state index contributed by atoms with van der Waals surface area (Å²) < 4.78 is 0. The van der Waals surface area contributed by atoms with E-state index in [4.69, 9.17) is 5.11 Å². The maximum atomic E-state index is 10.0. The van der Waals surface area contributed by atoms with E-state index in [1.165, 1.54) is 19.3 Å². The molecule has 12 heavy (non-hydrogen) atoms. The van der Waals surface area contributed by atoms with Gasteiger partial charge in [-0.05, 0) is 6.42 Å². The molecule has 0 bridgehead atoms. The molecule has 0 aromatic heterocycles. The Kier molecular flexibility index (Phi) is 23.1. The van der Waals surface area contributed by atoms with Crippen LogP contribution in [-0.4, -0.2) is 62.3 Å². The Bertz CT molecular complexity index is 99.1. The Morgan fingerprint density at radius 1 is 1.17 bits per heavy atom. The molecule has 0 aliphatic heterocycles. The number of hydrogen-bond donors (Lipinski definition) is 1. The number of carboxylic acids is 1. The zero-order chi connectivity index (χ0) is 7.82. The molecule has 2 nitrogen and oxygen atoms in total. The molecule has 0 aromatic carbocycles. The van der Waals surface area contributed by atoms with Gasteiger partial charge >= 0.3 is 57.2 Å². The second kappa shape index (κ2) is 14.7. The van der Waals surface area contributed by atoms with Crippen molar-refractivity contribution in [2.45, 2.75) is 45.4 Å². The summed E-state index contributed by atoms with van der Waals surface area (Å²) in [5, 5.41) is 8.27. The molecule has 0 fully saturated rings. The number of carboxylic acid groups (broad SMARTS) is 1. The van der Waals surface area contributed by atoms with Gasteiger partial charge in [-0.1, -0.05) is 32.6 Å². The van der Waals surface area contributed by atoms with Crippen LogP contribution in [0.5, 0.6) is 0 Å². The van der Waals surface area contributed by atoms with Crippen LogP contribution in [0.3, 0.4) is 0 Å². The minimum atomic E-state index is -0.670. The van der Waals surface area contributed by atoms with Crippen molar-refractivity contribution in [2.24, 2.45) is 0 Å². The third-order valence-corrected chi connectivity index (χ3v) is 1.49. The molecule has 0 amide bonds. The fraction of sp³-hybridized carbons (Fsp3) is 0.875. The van der Waals surface area contributed by atoms with Gasteiger partial charge in [0.2, 0.25) is 0 Å². The van der Waals surface area contributed by atoms with E-state index in [-0.39, 0.29) is 51.2 Å². The van der Waals surface area contributed by atoms with Gasteiger partial charge in [0.25, 0.3) is 0 Å². The molecule has 0 unspecified atom stereocenters. The van der Waals surface area contributed by atoms with Crippen molar-refractivity contribution in [1.29, 1.82) is 0 Å². The van der Waals surface area contributed by atoms with E-state index in [1.807, 2.05) is 0 Å². The summed E-state index contributed by atoms with van der Waals surface area (Å²) in [5.41, 5.74) is 0. The number of aliphatic carboxylic acids is 1. The van der Waals surface area contributed by atoms with Crippen LogP contribution in [0.25, 0.3) is 0 Å². The van der Waals surface area contributed by atoms with Crippen LogP contribution >= 0.6 is 0 Å². The van der Waals surface area contributed by atoms with Gasteiger partial charge in [0.1, 0.15) is 0 Å². The van der Waals surface area contributed by atoms with E-state index >= 15 is 0 Å². The summed E-state index contributed by atoms with van der Waals surface area (Å²) in [6.07, 6.45) is 5.88. The van der Waals surface area contributed by atoms with Crippen LogP contribution in [0.15, 0.2) is 0 Å². The standard InChI is InChI=1S/C8H16O2.Pb.Sn.4H/c1-2-3-4-5-6-7-8(9)10;;;;;;/h2-7H2,1H3,(H,9,10);;;;;;. The summed E-state index contributed by atoms with van der Waals surface area (Å²) in [6.45, 7) is 2.15. The molecule has 1 N–H and O–H groups in total. The SMILES string of the molecule is CCCCCCCC(=O)O.[PbH2].[SnH2]. The van der Waals surface area contributed by atoms with Gasteiger partial charge in [-0.2, -0.15) is 0 Å². The van der Waals surface area contributed by atoms with Crippen molar-refractivity contribution in [3.63, 3.8) is 0 Å². The molecule has 0 saturated heterocycles. The molecule has 72 valence electrons. The van der Waals surface area contributed by atoms with Crippen LogP contribution in [0, 0.1) is 0 Å². The molecule has 0 aromatic rings. The molecule has 0 spiro atoms. The first kappa shape index (κ1) is 18.9. The van der Waals surface area contributed by atoms with Gasteiger partial charge < -0.3 is 5.11 Å². The molecule has 4 radical (unpaired) electrons. The molecule has 0 heterocycles. The van der Waals surface area contributed by atoms with Crippen LogP contribution in [0.2, 0.25) is 0 Å². The van der Waals surface area contributed by atoms with Crippen molar-refractivity contribution >= 4 is 57.2 Å². The van der Waals surface area contributed by atoms with Gasteiger partial charge in [0.15, 0.2) is 0 Å². The Morgan fingerprint density at radius 3 is 2.08 bits per heavy atom. The fourth-order valence-corrected chi connectivity index (χ4v) is 0.880. The molecule has 0 rings (SSSR count). The van der Waals surface area contributed by atoms with Crippen molar-refractivity contribution in [3.8, 4) is 0 Å². The van der Waals surface area contributed by atoms with Crippen molar-refractivity contribution in [3.05, 3.63) is 0 Å².